The molecule has 1 aromatic carbocycles. The summed E-state index contributed by atoms with van der Waals surface area (Å²) in [6.07, 6.45) is 5.68. The van der Waals surface area contributed by atoms with Crippen molar-refractivity contribution in [1.29, 1.82) is 0 Å². The summed E-state index contributed by atoms with van der Waals surface area (Å²) >= 11 is 0. The van der Waals surface area contributed by atoms with E-state index >= 15 is 0 Å². The van der Waals surface area contributed by atoms with Crippen LogP contribution in [0, 0.1) is 0 Å². The number of benzene rings is 1. The molecule has 0 bridgehead atoms. The number of rotatable bonds is 3. The highest BCUT2D eigenvalue weighted by Gasteiger charge is 2.19. The zero-order valence-corrected chi connectivity index (χ0v) is 9.78. The minimum atomic E-state index is 0.459. The standard InChI is InChI=1S/C14H19NO/c1-3-12-5-4-6-14(15-12)11-7-9-13(16-2)10-8-11/h3,7-10,12,14-15H,1,4-6H2,2H3/t12-,14-/m1/s1. The Hall–Kier alpha value is -1.28. The number of nitrogens with one attached hydrogen (secondary N) is 1. The van der Waals surface area contributed by atoms with Crippen molar-refractivity contribution in [3.63, 3.8) is 0 Å². The number of methoxy groups -OCH3 is 1. The van der Waals surface area contributed by atoms with E-state index in [4.69, 9.17) is 4.74 Å². The Labute approximate surface area is 97.3 Å². The second-order valence-electron chi connectivity index (χ2n) is 4.27. The van der Waals surface area contributed by atoms with E-state index in [1.165, 1.54) is 24.8 Å². The van der Waals surface area contributed by atoms with Crippen LogP contribution in [-0.2, 0) is 0 Å². The number of piperidine rings is 1. The summed E-state index contributed by atoms with van der Waals surface area (Å²) in [6.45, 7) is 3.86. The van der Waals surface area contributed by atoms with E-state index in [1.54, 1.807) is 7.11 Å². The Kier molecular flexibility index (Phi) is 3.62. The van der Waals surface area contributed by atoms with Crippen molar-refractivity contribution < 1.29 is 4.74 Å². The van der Waals surface area contributed by atoms with E-state index in [0.717, 1.165) is 5.75 Å². The van der Waals surface area contributed by atoms with Gasteiger partial charge in [-0.05, 0) is 37.0 Å². The first-order valence-corrected chi connectivity index (χ1v) is 5.86. The van der Waals surface area contributed by atoms with Crippen molar-refractivity contribution in [3.8, 4) is 5.75 Å². The predicted octanol–water partition coefficient (Wildman–Crippen LogP) is 3.06. The lowest BCUT2D eigenvalue weighted by molar-refractivity contribution is 0.363. The molecular formula is C14H19NO. The van der Waals surface area contributed by atoms with Crippen molar-refractivity contribution in [1.82, 2.24) is 5.32 Å². The van der Waals surface area contributed by atoms with Crippen LogP contribution in [-0.4, -0.2) is 13.2 Å². The fraction of sp³-hybridized carbons (Fsp3) is 0.429. The molecule has 2 heteroatoms. The number of hydrogen-bond donors (Lipinski definition) is 1. The van der Waals surface area contributed by atoms with Gasteiger partial charge in [0.05, 0.1) is 7.11 Å². The van der Waals surface area contributed by atoms with Crippen LogP contribution in [0.2, 0.25) is 0 Å². The van der Waals surface area contributed by atoms with Crippen molar-refractivity contribution in [2.45, 2.75) is 31.3 Å². The quantitative estimate of drug-likeness (QED) is 0.786. The first-order chi connectivity index (χ1) is 7.83. The third-order valence-electron chi connectivity index (χ3n) is 3.23. The van der Waals surface area contributed by atoms with Gasteiger partial charge < -0.3 is 10.1 Å². The average molecular weight is 217 g/mol. The molecule has 1 saturated heterocycles. The van der Waals surface area contributed by atoms with Gasteiger partial charge in [0, 0.05) is 12.1 Å². The van der Waals surface area contributed by atoms with Crippen molar-refractivity contribution >= 4 is 0 Å². The summed E-state index contributed by atoms with van der Waals surface area (Å²) in [5.41, 5.74) is 1.34. The first kappa shape index (κ1) is 11.2. The van der Waals surface area contributed by atoms with E-state index in [1.807, 2.05) is 18.2 Å². The Morgan fingerprint density at radius 2 is 2.06 bits per heavy atom. The van der Waals surface area contributed by atoms with Crippen LogP contribution in [0.15, 0.2) is 36.9 Å². The van der Waals surface area contributed by atoms with Gasteiger partial charge in [0.2, 0.25) is 0 Å². The molecule has 1 aliphatic rings. The SMILES string of the molecule is C=C[C@@H]1CCC[C@H](c2ccc(OC)cc2)N1. The molecular weight excluding hydrogens is 198 g/mol. The minimum absolute atomic E-state index is 0.459. The van der Waals surface area contributed by atoms with Crippen LogP contribution in [0.4, 0.5) is 0 Å². The van der Waals surface area contributed by atoms with Gasteiger partial charge in [-0.1, -0.05) is 18.2 Å². The van der Waals surface area contributed by atoms with Crippen LogP contribution < -0.4 is 10.1 Å². The molecule has 1 N–H and O–H groups in total. The predicted molar refractivity (Wildman–Crippen MR) is 66.7 cm³/mol. The Bertz CT molecular complexity index is 344. The molecule has 16 heavy (non-hydrogen) atoms. The summed E-state index contributed by atoms with van der Waals surface area (Å²) in [6, 6.07) is 9.25. The molecule has 0 unspecified atom stereocenters. The highest BCUT2D eigenvalue weighted by molar-refractivity contribution is 5.29. The maximum Gasteiger partial charge on any atom is 0.118 e. The summed E-state index contributed by atoms with van der Waals surface area (Å²) < 4.78 is 5.16. The van der Waals surface area contributed by atoms with Gasteiger partial charge in [0.25, 0.3) is 0 Å². The molecule has 0 aromatic heterocycles. The molecule has 0 aliphatic carbocycles. The smallest absolute Gasteiger partial charge is 0.118 e. The molecule has 0 amide bonds. The molecule has 1 aliphatic heterocycles. The largest absolute Gasteiger partial charge is 0.497 e. The second kappa shape index (κ2) is 5.17. The molecule has 0 spiro atoms. The fourth-order valence-corrected chi connectivity index (χ4v) is 2.25. The normalized spacial score (nSPS) is 25.1. The highest BCUT2D eigenvalue weighted by atomic mass is 16.5. The monoisotopic (exact) mass is 217 g/mol. The lowest BCUT2D eigenvalue weighted by Gasteiger charge is -2.29. The number of hydrogen-bond acceptors (Lipinski definition) is 2. The molecule has 0 radical (unpaired) electrons. The Morgan fingerprint density at radius 1 is 1.31 bits per heavy atom. The van der Waals surface area contributed by atoms with Crippen molar-refractivity contribution in [2.75, 3.05) is 7.11 Å². The molecule has 1 fully saturated rings. The third kappa shape index (κ3) is 2.45. The van der Waals surface area contributed by atoms with Gasteiger partial charge in [0.1, 0.15) is 5.75 Å². The zero-order valence-electron chi connectivity index (χ0n) is 9.78. The van der Waals surface area contributed by atoms with Gasteiger partial charge in [-0.25, -0.2) is 0 Å². The third-order valence-corrected chi connectivity index (χ3v) is 3.23. The van der Waals surface area contributed by atoms with Crippen molar-refractivity contribution in [2.24, 2.45) is 0 Å². The van der Waals surface area contributed by atoms with Crippen LogP contribution in [0.3, 0.4) is 0 Å². The van der Waals surface area contributed by atoms with Crippen LogP contribution >= 0.6 is 0 Å². The second-order valence-corrected chi connectivity index (χ2v) is 4.27. The van der Waals surface area contributed by atoms with E-state index in [0.29, 0.717) is 12.1 Å². The first-order valence-electron chi connectivity index (χ1n) is 5.86. The van der Waals surface area contributed by atoms with Crippen LogP contribution in [0.5, 0.6) is 5.75 Å². The summed E-state index contributed by atoms with van der Waals surface area (Å²) in [7, 11) is 1.70. The fourth-order valence-electron chi connectivity index (χ4n) is 2.25. The topological polar surface area (TPSA) is 21.3 Å². The van der Waals surface area contributed by atoms with Crippen LogP contribution in [0.25, 0.3) is 0 Å². The molecule has 1 aromatic rings. The van der Waals surface area contributed by atoms with Crippen LogP contribution in [0.1, 0.15) is 30.9 Å². The molecule has 2 nitrogen and oxygen atoms in total. The lowest BCUT2D eigenvalue weighted by Crippen LogP contribution is -2.35. The molecule has 86 valence electrons. The molecule has 2 atom stereocenters. The van der Waals surface area contributed by atoms with Gasteiger partial charge in [-0.2, -0.15) is 0 Å². The van der Waals surface area contributed by atoms with Gasteiger partial charge >= 0.3 is 0 Å². The summed E-state index contributed by atoms with van der Waals surface area (Å²) in [5, 5.41) is 3.60. The molecule has 0 saturated carbocycles. The number of ether oxygens (including phenoxy) is 1. The van der Waals surface area contributed by atoms with Crippen molar-refractivity contribution in [3.05, 3.63) is 42.5 Å². The Morgan fingerprint density at radius 3 is 2.69 bits per heavy atom. The van der Waals surface area contributed by atoms with Gasteiger partial charge in [-0.3, -0.25) is 0 Å². The van der Waals surface area contributed by atoms with Gasteiger partial charge in [-0.15, -0.1) is 6.58 Å². The lowest BCUT2D eigenvalue weighted by atomic mass is 9.93. The maximum absolute atomic E-state index is 5.16. The average Bonchev–Trinajstić information content (AvgIpc) is 2.39. The van der Waals surface area contributed by atoms with E-state index in [2.05, 4.69) is 24.0 Å². The van der Waals surface area contributed by atoms with E-state index in [-0.39, 0.29) is 0 Å². The van der Waals surface area contributed by atoms with E-state index in [9.17, 15) is 0 Å². The minimum Gasteiger partial charge on any atom is -0.497 e. The zero-order chi connectivity index (χ0) is 11.4. The Balaban J connectivity index is 2.07. The van der Waals surface area contributed by atoms with Gasteiger partial charge in [0.15, 0.2) is 0 Å². The maximum atomic E-state index is 5.16. The summed E-state index contributed by atoms with van der Waals surface area (Å²) in [4.78, 5) is 0. The summed E-state index contributed by atoms with van der Waals surface area (Å²) in [5.74, 6) is 0.917. The molecule has 1 heterocycles. The molecule has 2 rings (SSSR count). The highest BCUT2D eigenvalue weighted by Crippen LogP contribution is 2.27. The van der Waals surface area contributed by atoms with E-state index < -0.39 is 0 Å².